The molecule has 7 nitrogen and oxygen atoms in total. The van der Waals surface area contributed by atoms with E-state index >= 15 is 0 Å². The Hall–Kier alpha value is -2.87. The lowest BCUT2D eigenvalue weighted by Crippen LogP contribution is -2.35. The lowest BCUT2D eigenvalue weighted by Gasteiger charge is -2.25. The van der Waals surface area contributed by atoms with Gasteiger partial charge in [-0.3, -0.25) is 4.79 Å². The minimum absolute atomic E-state index is 0.164. The van der Waals surface area contributed by atoms with E-state index in [1.165, 1.54) is 18.4 Å². The lowest BCUT2D eigenvalue weighted by atomic mass is 10.0. The molecule has 8 heteroatoms. The van der Waals surface area contributed by atoms with E-state index in [-0.39, 0.29) is 12.5 Å². The summed E-state index contributed by atoms with van der Waals surface area (Å²) < 4.78 is 10.0. The number of thiophene rings is 1. The van der Waals surface area contributed by atoms with Gasteiger partial charge in [0.2, 0.25) is 5.91 Å². The number of aryl methyl sites for hydroxylation is 1. The summed E-state index contributed by atoms with van der Waals surface area (Å²) >= 11 is 1.32. The molecule has 29 heavy (non-hydrogen) atoms. The number of esters is 1. The van der Waals surface area contributed by atoms with Gasteiger partial charge in [0.1, 0.15) is 5.00 Å². The van der Waals surface area contributed by atoms with Gasteiger partial charge in [-0.25, -0.2) is 9.59 Å². The maximum Gasteiger partial charge on any atom is 0.409 e. The third-order valence-electron chi connectivity index (χ3n) is 4.71. The van der Waals surface area contributed by atoms with Crippen LogP contribution >= 0.6 is 11.3 Å². The SMILES string of the molecule is CCOC(=O)c1c(NC(=O)CCc2ccccc2)sc2c1CCN(C(=O)OC)C2. The van der Waals surface area contributed by atoms with Gasteiger partial charge in [0.25, 0.3) is 0 Å². The number of methoxy groups -OCH3 is 1. The van der Waals surface area contributed by atoms with Crippen LogP contribution in [0.3, 0.4) is 0 Å². The zero-order valence-electron chi connectivity index (χ0n) is 16.5. The third-order valence-corrected chi connectivity index (χ3v) is 5.84. The summed E-state index contributed by atoms with van der Waals surface area (Å²) in [5.41, 5.74) is 2.32. The largest absolute Gasteiger partial charge is 0.462 e. The molecule has 0 saturated heterocycles. The molecule has 0 radical (unpaired) electrons. The molecule has 0 bridgehead atoms. The topological polar surface area (TPSA) is 84.9 Å². The highest BCUT2D eigenvalue weighted by Crippen LogP contribution is 2.38. The van der Waals surface area contributed by atoms with Crippen molar-refractivity contribution in [3.05, 3.63) is 51.9 Å². The second-order valence-corrected chi connectivity index (χ2v) is 7.71. The van der Waals surface area contributed by atoms with E-state index in [0.717, 1.165) is 16.0 Å². The number of benzene rings is 1. The maximum atomic E-state index is 12.6. The molecular formula is C21H24N2O5S. The van der Waals surface area contributed by atoms with E-state index in [4.69, 9.17) is 9.47 Å². The molecule has 2 amide bonds. The van der Waals surface area contributed by atoms with Gasteiger partial charge in [-0.2, -0.15) is 0 Å². The van der Waals surface area contributed by atoms with E-state index < -0.39 is 12.1 Å². The Balaban J connectivity index is 1.78. The molecule has 1 aliphatic rings. The van der Waals surface area contributed by atoms with Gasteiger partial charge in [-0.15, -0.1) is 11.3 Å². The number of rotatable bonds is 6. The van der Waals surface area contributed by atoms with E-state index in [0.29, 0.717) is 42.9 Å². The van der Waals surface area contributed by atoms with Crippen LogP contribution in [-0.4, -0.2) is 43.1 Å². The molecule has 1 aliphatic heterocycles. The van der Waals surface area contributed by atoms with Crippen LogP contribution in [0.5, 0.6) is 0 Å². The first kappa shape index (κ1) is 20.9. The zero-order valence-corrected chi connectivity index (χ0v) is 17.3. The number of carbonyl (C=O) groups excluding carboxylic acids is 3. The van der Waals surface area contributed by atoms with Crippen molar-refractivity contribution in [2.45, 2.75) is 32.7 Å². The van der Waals surface area contributed by atoms with Gasteiger partial charge in [0, 0.05) is 17.8 Å². The highest BCUT2D eigenvalue weighted by Gasteiger charge is 2.31. The molecule has 1 N–H and O–H groups in total. The summed E-state index contributed by atoms with van der Waals surface area (Å²) in [6.07, 6.45) is 1.02. The Bertz CT molecular complexity index is 894. The van der Waals surface area contributed by atoms with E-state index in [9.17, 15) is 14.4 Å². The van der Waals surface area contributed by atoms with Crippen molar-refractivity contribution in [1.82, 2.24) is 4.90 Å². The van der Waals surface area contributed by atoms with Crippen LogP contribution in [0.2, 0.25) is 0 Å². The fraction of sp³-hybridized carbons (Fsp3) is 0.381. The second-order valence-electron chi connectivity index (χ2n) is 6.60. The van der Waals surface area contributed by atoms with Crippen molar-refractivity contribution >= 4 is 34.3 Å². The zero-order chi connectivity index (χ0) is 20.8. The Labute approximate surface area is 173 Å². The van der Waals surface area contributed by atoms with Crippen molar-refractivity contribution in [3.63, 3.8) is 0 Å². The Kier molecular flexibility index (Phi) is 6.87. The molecule has 0 atom stereocenters. The summed E-state index contributed by atoms with van der Waals surface area (Å²) in [7, 11) is 1.34. The average molecular weight is 416 g/mol. The number of carbonyl (C=O) groups is 3. The predicted octanol–water partition coefficient (Wildman–Crippen LogP) is 3.62. The predicted molar refractivity (Wildman–Crippen MR) is 110 cm³/mol. The molecular weight excluding hydrogens is 392 g/mol. The summed E-state index contributed by atoms with van der Waals surface area (Å²) in [6.45, 7) is 2.79. The lowest BCUT2D eigenvalue weighted by molar-refractivity contribution is -0.116. The number of nitrogens with one attached hydrogen (secondary N) is 1. The van der Waals surface area contributed by atoms with Crippen molar-refractivity contribution in [2.24, 2.45) is 0 Å². The van der Waals surface area contributed by atoms with Crippen molar-refractivity contribution in [2.75, 3.05) is 25.6 Å². The van der Waals surface area contributed by atoms with Crippen LogP contribution in [0.1, 0.15) is 39.7 Å². The molecule has 0 saturated carbocycles. The van der Waals surface area contributed by atoms with Crippen LogP contribution in [0, 0.1) is 0 Å². The van der Waals surface area contributed by atoms with Crippen molar-refractivity contribution < 1.29 is 23.9 Å². The van der Waals surface area contributed by atoms with E-state index in [2.05, 4.69) is 5.32 Å². The Morgan fingerprint density at radius 1 is 1.21 bits per heavy atom. The van der Waals surface area contributed by atoms with Gasteiger partial charge in [-0.1, -0.05) is 30.3 Å². The molecule has 154 valence electrons. The van der Waals surface area contributed by atoms with Crippen LogP contribution in [0.25, 0.3) is 0 Å². The monoisotopic (exact) mass is 416 g/mol. The maximum absolute atomic E-state index is 12.6. The van der Waals surface area contributed by atoms with E-state index in [1.807, 2.05) is 30.3 Å². The third kappa shape index (κ3) is 4.95. The summed E-state index contributed by atoms with van der Waals surface area (Å²) in [5.74, 6) is -0.613. The molecule has 0 fully saturated rings. The van der Waals surface area contributed by atoms with E-state index in [1.54, 1.807) is 11.8 Å². The number of nitrogens with zero attached hydrogens (tertiary/aromatic N) is 1. The number of fused-ring (bicyclic) bond motifs is 1. The van der Waals surface area contributed by atoms with Crippen LogP contribution in [-0.2, 0) is 33.7 Å². The summed E-state index contributed by atoms with van der Waals surface area (Å²) in [6, 6.07) is 9.76. The normalized spacial score (nSPS) is 12.8. The second kappa shape index (κ2) is 9.56. The summed E-state index contributed by atoms with van der Waals surface area (Å²) in [4.78, 5) is 39.4. The Morgan fingerprint density at radius 3 is 2.66 bits per heavy atom. The Morgan fingerprint density at radius 2 is 1.97 bits per heavy atom. The molecule has 3 rings (SSSR count). The standard InChI is InChI=1S/C21H24N2O5S/c1-3-28-20(25)18-15-11-12-23(21(26)27-2)13-16(15)29-19(18)22-17(24)10-9-14-7-5-4-6-8-14/h4-8H,3,9-13H2,1-2H3,(H,22,24). The number of ether oxygens (including phenoxy) is 2. The fourth-order valence-corrected chi connectivity index (χ4v) is 4.55. The van der Waals surface area contributed by atoms with Crippen LogP contribution in [0.15, 0.2) is 30.3 Å². The smallest absolute Gasteiger partial charge is 0.409 e. The van der Waals surface area contributed by atoms with Crippen molar-refractivity contribution in [1.29, 1.82) is 0 Å². The van der Waals surface area contributed by atoms with Gasteiger partial charge in [0.05, 0.1) is 25.8 Å². The molecule has 0 spiro atoms. The van der Waals surface area contributed by atoms with Crippen LogP contribution in [0.4, 0.5) is 9.80 Å². The van der Waals surface area contributed by atoms with Gasteiger partial charge in [-0.05, 0) is 30.9 Å². The first-order chi connectivity index (χ1) is 14.0. The average Bonchev–Trinajstić information content (AvgIpc) is 3.09. The van der Waals surface area contributed by atoms with Gasteiger partial charge in [0.15, 0.2) is 0 Å². The minimum Gasteiger partial charge on any atom is -0.462 e. The minimum atomic E-state index is -0.449. The fourth-order valence-electron chi connectivity index (χ4n) is 3.29. The van der Waals surface area contributed by atoms with Crippen molar-refractivity contribution in [3.8, 4) is 0 Å². The highest BCUT2D eigenvalue weighted by molar-refractivity contribution is 7.17. The van der Waals surface area contributed by atoms with Gasteiger partial charge < -0.3 is 19.7 Å². The number of hydrogen-bond donors (Lipinski definition) is 1. The molecule has 0 aliphatic carbocycles. The quantitative estimate of drug-likeness (QED) is 0.727. The molecule has 1 aromatic carbocycles. The number of hydrogen-bond acceptors (Lipinski definition) is 6. The highest BCUT2D eigenvalue weighted by atomic mass is 32.1. The molecule has 0 unspecified atom stereocenters. The first-order valence-corrected chi connectivity index (χ1v) is 10.3. The van der Waals surface area contributed by atoms with Crippen LogP contribution < -0.4 is 5.32 Å². The molecule has 1 aromatic heterocycles. The van der Waals surface area contributed by atoms with Gasteiger partial charge >= 0.3 is 12.1 Å². The first-order valence-electron chi connectivity index (χ1n) is 9.51. The number of amides is 2. The summed E-state index contributed by atoms with van der Waals surface area (Å²) in [5, 5.41) is 3.36. The number of anilines is 1. The molecule has 2 aromatic rings. The molecule has 2 heterocycles.